The van der Waals surface area contributed by atoms with Crippen molar-refractivity contribution >= 4 is 29.2 Å². The number of piperidine rings is 2. The zero-order valence-electron chi connectivity index (χ0n) is 18.4. The number of hydrogen-bond donors (Lipinski definition) is 3. The zero-order chi connectivity index (χ0) is 22.4. The van der Waals surface area contributed by atoms with Gasteiger partial charge in [0.1, 0.15) is 5.54 Å². The summed E-state index contributed by atoms with van der Waals surface area (Å²) in [6.45, 7) is 5.04. The van der Waals surface area contributed by atoms with Crippen molar-refractivity contribution in [3.8, 4) is 0 Å². The molecule has 0 saturated carbocycles. The Bertz CT molecular complexity index is 812. The van der Waals surface area contributed by atoms with E-state index < -0.39 is 11.5 Å². The average molecular weight is 431 g/mol. The van der Waals surface area contributed by atoms with Crippen LogP contribution in [0.1, 0.15) is 68.6 Å². The lowest BCUT2D eigenvalue weighted by Gasteiger charge is -2.48. The molecule has 2 amide bonds. The molecule has 4 N–H and O–H groups in total. The standard InChI is InChI=1S/C23H34N4O4/c1-2-3-7-20(28)25-18-16-17(21(29)30)8-9-19(18)26-14-10-23(11-15-26,22(24)31)27-12-5-4-6-13-27/h8-9,16H,2-7,10-15H2,1H3,(H2,24,31)(H,25,28)(H,29,30). The molecule has 170 valence electrons. The van der Waals surface area contributed by atoms with Gasteiger partial charge in [-0.2, -0.15) is 0 Å². The Morgan fingerprint density at radius 3 is 2.35 bits per heavy atom. The number of nitrogens with two attached hydrogens (primary N) is 1. The highest BCUT2D eigenvalue weighted by Crippen LogP contribution is 2.36. The molecule has 2 aliphatic rings. The first kappa shape index (κ1) is 23.1. The van der Waals surface area contributed by atoms with Gasteiger partial charge >= 0.3 is 5.97 Å². The predicted molar refractivity (Wildman–Crippen MR) is 120 cm³/mol. The second-order valence-corrected chi connectivity index (χ2v) is 8.62. The number of rotatable bonds is 8. The van der Waals surface area contributed by atoms with Crippen molar-refractivity contribution in [2.24, 2.45) is 5.73 Å². The first-order chi connectivity index (χ1) is 14.9. The first-order valence-corrected chi connectivity index (χ1v) is 11.3. The fourth-order valence-corrected chi connectivity index (χ4v) is 4.75. The molecule has 1 aromatic rings. The number of nitrogens with zero attached hydrogens (tertiary/aromatic N) is 2. The molecule has 0 aromatic heterocycles. The number of amides is 2. The van der Waals surface area contributed by atoms with Crippen LogP contribution in [0.5, 0.6) is 0 Å². The van der Waals surface area contributed by atoms with E-state index in [9.17, 15) is 19.5 Å². The van der Waals surface area contributed by atoms with Gasteiger partial charge in [-0.25, -0.2) is 4.79 Å². The monoisotopic (exact) mass is 430 g/mol. The number of carbonyl (C=O) groups excluding carboxylic acids is 2. The fourth-order valence-electron chi connectivity index (χ4n) is 4.75. The average Bonchev–Trinajstić information content (AvgIpc) is 2.78. The number of nitrogens with one attached hydrogen (secondary N) is 1. The number of benzene rings is 1. The summed E-state index contributed by atoms with van der Waals surface area (Å²) in [6.07, 6.45) is 6.68. The highest BCUT2D eigenvalue weighted by molar-refractivity contribution is 5.97. The summed E-state index contributed by atoms with van der Waals surface area (Å²) in [4.78, 5) is 40.7. The Morgan fingerprint density at radius 2 is 1.77 bits per heavy atom. The molecule has 1 aromatic carbocycles. The van der Waals surface area contributed by atoms with Gasteiger partial charge in [-0.1, -0.05) is 19.8 Å². The number of anilines is 2. The summed E-state index contributed by atoms with van der Waals surface area (Å²) in [7, 11) is 0. The van der Waals surface area contributed by atoms with Crippen LogP contribution in [0.15, 0.2) is 18.2 Å². The van der Waals surface area contributed by atoms with Crippen LogP contribution in [0, 0.1) is 0 Å². The Kier molecular flexibility index (Phi) is 7.54. The van der Waals surface area contributed by atoms with E-state index in [4.69, 9.17) is 5.73 Å². The summed E-state index contributed by atoms with van der Waals surface area (Å²) < 4.78 is 0. The van der Waals surface area contributed by atoms with E-state index in [0.29, 0.717) is 38.0 Å². The molecule has 2 saturated heterocycles. The minimum atomic E-state index is -1.04. The van der Waals surface area contributed by atoms with E-state index in [-0.39, 0.29) is 17.4 Å². The predicted octanol–water partition coefficient (Wildman–Crippen LogP) is 2.82. The maximum atomic E-state index is 12.5. The van der Waals surface area contributed by atoms with Crippen molar-refractivity contribution in [3.05, 3.63) is 23.8 Å². The van der Waals surface area contributed by atoms with Crippen molar-refractivity contribution < 1.29 is 19.5 Å². The Labute approximate surface area is 183 Å². The lowest BCUT2D eigenvalue weighted by atomic mass is 9.83. The van der Waals surface area contributed by atoms with Crippen LogP contribution in [-0.2, 0) is 9.59 Å². The number of unbranched alkanes of at least 4 members (excludes halogenated alkanes) is 1. The number of aromatic carboxylic acids is 1. The van der Waals surface area contributed by atoms with Crippen LogP contribution in [-0.4, -0.2) is 59.5 Å². The topological polar surface area (TPSA) is 116 Å². The molecule has 2 heterocycles. The normalized spacial score (nSPS) is 19.1. The molecular formula is C23H34N4O4. The minimum Gasteiger partial charge on any atom is -0.478 e. The molecule has 2 aliphatic heterocycles. The van der Waals surface area contributed by atoms with Crippen molar-refractivity contribution in [2.75, 3.05) is 36.4 Å². The van der Waals surface area contributed by atoms with E-state index in [0.717, 1.165) is 44.5 Å². The third-order valence-corrected chi connectivity index (χ3v) is 6.63. The van der Waals surface area contributed by atoms with E-state index in [1.165, 1.54) is 12.5 Å². The fraction of sp³-hybridized carbons (Fsp3) is 0.609. The molecule has 0 bridgehead atoms. The molecule has 8 heteroatoms. The summed E-state index contributed by atoms with van der Waals surface area (Å²) in [5, 5.41) is 12.3. The molecule has 31 heavy (non-hydrogen) atoms. The minimum absolute atomic E-state index is 0.123. The second kappa shape index (κ2) is 10.1. The van der Waals surface area contributed by atoms with Gasteiger partial charge in [0.05, 0.1) is 16.9 Å². The Morgan fingerprint density at radius 1 is 1.10 bits per heavy atom. The van der Waals surface area contributed by atoms with Crippen molar-refractivity contribution in [3.63, 3.8) is 0 Å². The van der Waals surface area contributed by atoms with Gasteiger partial charge in [0.15, 0.2) is 0 Å². The summed E-state index contributed by atoms with van der Waals surface area (Å²) in [6, 6.07) is 4.82. The van der Waals surface area contributed by atoms with Gasteiger partial charge in [-0.15, -0.1) is 0 Å². The smallest absolute Gasteiger partial charge is 0.335 e. The molecule has 0 atom stereocenters. The largest absolute Gasteiger partial charge is 0.478 e. The van der Waals surface area contributed by atoms with Gasteiger partial charge in [0, 0.05) is 19.5 Å². The van der Waals surface area contributed by atoms with Gasteiger partial charge in [0.25, 0.3) is 0 Å². The van der Waals surface area contributed by atoms with E-state index >= 15 is 0 Å². The van der Waals surface area contributed by atoms with E-state index in [1.807, 2.05) is 6.92 Å². The van der Waals surface area contributed by atoms with Crippen LogP contribution in [0.3, 0.4) is 0 Å². The van der Waals surface area contributed by atoms with Crippen LogP contribution < -0.4 is 16.0 Å². The zero-order valence-corrected chi connectivity index (χ0v) is 18.4. The highest BCUT2D eigenvalue weighted by Gasteiger charge is 2.45. The third kappa shape index (κ3) is 5.18. The van der Waals surface area contributed by atoms with Crippen LogP contribution in [0.4, 0.5) is 11.4 Å². The lowest BCUT2D eigenvalue weighted by Crippen LogP contribution is -2.63. The van der Waals surface area contributed by atoms with Crippen molar-refractivity contribution in [1.82, 2.24) is 4.90 Å². The van der Waals surface area contributed by atoms with Gasteiger partial charge in [-0.3, -0.25) is 14.5 Å². The first-order valence-electron chi connectivity index (χ1n) is 11.3. The number of hydrogen-bond acceptors (Lipinski definition) is 5. The number of carboxylic acids is 1. The van der Waals surface area contributed by atoms with E-state index in [1.54, 1.807) is 12.1 Å². The Balaban J connectivity index is 1.80. The van der Waals surface area contributed by atoms with Crippen molar-refractivity contribution in [2.45, 2.75) is 63.8 Å². The molecule has 0 radical (unpaired) electrons. The maximum absolute atomic E-state index is 12.5. The van der Waals surface area contributed by atoms with Crippen molar-refractivity contribution in [1.29, 1.82) is 0 Å². The number of primary amides is 1. The molecule has 0 aliphatic carbocycles. The lowest BCUT2D eigenvalue weighted by molar-refractivity contribution is -0.132. The van der Waals surface area contributed by atoms with Gasteiger partial charge in [-0.05, 0) is 63.4 Å². The highest BCUT2D eigenvalue weighted by atomic mass is 16.4. The summed E-state index contributed by atoms with van der Waals surface area (Å²) in [5.41, 5.74) is 6.69. The van der Waals surface area contributed by atoms with Gasteiger partial charge in [0.2, 0.25) is 11.8 Å². The molecule has 3 rings (SSSR count). The molecule has 0 unspecified atom stereocenters. The third-order valence-electron chi connectivity index (χ3n) is 6.63. The number of carbonyl (C=O) groups is 3. The summed E-state index contributed by atoms with van der Waals surface area (Å²) in [5.74, 6) is -1.42. The molecule has 2 fully saturated rings. The summed E-state index contributed by atoms with van der Waals surface area (Å²) >= 11 is 0. The van der Waals surface area contributed by atoms with Crippen LogP contribution >= 0.6 is 0 Å². The van der Waals surface area contributed by atoms with E-state index in [2.05, 4.69) is 15.1 Å². The van der Waals surface area contributed by atoms with Crippen LogP contribution in [0.25, 0.3) is 0 Å². The molecular weight excluding hydrogens is 396 g/mol. The maximum Gasteiger partial charge on any atom is 0.335 e. The SMILES string of the molecule is CCCCC(=O)Nc1cc(C(=O)O)ccc1N1CCC(C(N)=O)(N2CCCCC2)CC1. The molecule has 0 spiro atoms. The van der Waals surface area contributed by atoms with Crippen LogP contribution in [0.2, 0.25) is 0 Å². The molecule has 8 nitrogen and oxygen atoms in total. The quantitative estimate of drug-likeness (QED) is 0.584. The van der Waals surface area contributed by atoms with Gasteiger partial charge < -0.3 is 21.1 Å². The second-order valence-electron chi connectivity index (χ2n) is 8.62. The Hall–Kier alpha value is -2.61. The number of carboxylic acid groups (broad SMARTS) is 1. The number of likely N-dealkylation sites (tertiary alicyclic amines) is 1.